The Hall–Kier alpha value is -3.52. The molecule has 8 heteroatoms. The van der Waals surface area contributed by atoms with Crippen LogP contribution in [0.2, 0.25) is 0 Å². The number of carboxylic acid groups (broad SMARTS) is 1. The lowest BCUT2D eigenvalue weighted by Gasteiger charge is -2.22. The molecule has 1 aliphatic heterocycles. The van der Waals surface area contributed by atoms with Crippen molar-refractivity contribution in [3.63, 3.8) is 0 Å². The average molecular weight is 623 g/mol. The second-order valence-corrected chi connectivity index (χ2v) is 12.1. The van der Waals surface area contributed by atoms with Crippen LogP contribution in [0.4, 0.5) is 5.69 Å². The largest absolute Gasteiger partial charge is 0.507 e. The predicted octanol–water partition coefficient (Wildman–Crippen LogP) is 8.13. The van der Waals surface area contributed by atoms with Crippen LogP contribution in [0, 0.1) is 0 Å². The summed E-state index contributed by atoms with van der Waals surface area (Å²) in [4.78, 5) is 39.1. The Labute approximate surface area is 267 Å². The number of phenols is 1. The molecule has 1 heterocycles. The van der Waals surface area contributed by atoms with E-state index in [1.54, 1.807) is 11.8 Å². The van der Waals surface area contributed by atoms with E-state index < -0.39 is 12.0 Å². The number of carbonyl (C=O) groups excluding carboxylic acids is 2. The number of carbonyl (C=O) groups is 3. The number of hydrogen-bond acceptors (Lipinski definition) is 5. The fourth-order valence-corrected chi connectivity index (χ4v) is 5.99. The minimum absolute atomic E-state index is 0.139. The van der Waals surface area contributed by atoms with E-state index in [-0.39, 0.29) is 34.4 Å². The highest BCUT2D eigenvalue weighted by Gasteiger charge is 2.39. The molecule has 240 valence electrons. The molecular formula is C36H50N2O5S. The molecule has 0 aromatic heterocycles. The van der Waals surface area contributed by atoms with Crippen molar-refractivity contribution in [3.05, 3.63) is 84.5 Å². The summed E-state index contributed by atoms with van der Waals surface area (Å²) < 4.78 is 0. The van der Waals surface area contributed by atoms with Crippen LogP contribution in [0.5, 0.6) is 5.75 Å². The van der Waals surface area contributed by atoms with E-state index in [2.05, 4.69) is 73.0 Å². The quantitative estimate of drug-likeness (QED) is 0.100. The Morgan fingerprint density at radius 3 is 2.11 bits per heavy atom. The number of hydrogen-bond donors (Lipinski definition) is 3. The van der Waals surface area contributed by atoms with Crippen LogP contribution in [0.15, 0.2) is 79.0 Å². The fraction of sp³-hybridized carbons (Fsp3) is 0.472. The maximum Gasteiger partial charge on any atom is 0.339 e. The summed E-state index contributed by atoms with van der Waals surface area (Å²) in [6.07, 6.45) is 31.2. The van der Waals surface area contributed by atoms with Crippen molar-refractivity contribution in [2.45, 2.75) is 102 Å². The number of amides is 2. The third-order valence-corrected chi connectivity index (χ3v) is 8.74. The average Bonchev–Trinajstić information content (AvgIpc) is 3.28. The van der Waals surface area contributed by atoms with Crippen molar-refractivity contribution in [2.24, 2.45) is 0 Å². The van der Waals surface area contributed by atoms with Crippen LogP contribution < -0.4 is 10.2 Å². The molecule has 7 nitrogen and oxygen atoms in total. The molecule has 44 heavy (non-hydrogen) atoms. The third-order valence-electron chi connectivity index (χ3n) is 7.26. The maximum atomic E-state index is 13.1. The standard InChI is InChI=1S/C36H50N2O5S/c1-4-6-7-8-9-10-11-12-13-14-15-16-17-18-19-20-21-22-25-44-33(5-2)34(40)37-31-26-28(3)38(35(31)41)29-23-24-32(39)30(27-29)36(42)43/h6-7,9-10,12-13,15-16,18-19,23-24,27-28,31,33,39H,4-5,8,11,14,17,20-22,25-26H2,1-3H3,(H,37,40)(H,42,43)/b7-6-,10-9-,13-12-,16-15-,19-18-/t28?,31?,33-/m1/s1. The van der Waals surface area contributed by atoms with Crippen LogP contribution >= 0.6 is 11.8 Å². The number of nitrogens with zero attached hydrogens (tertiary/aromatic N) is 1. The SMILES string of the molecule is CC/C=C\C/C=C\C/C=C\C/C=C\C/C=C\CCCCS[C@H](CC)C(=O)NC1CC(C)N(c2ccc(O)c(C(=O)O)c2)C1=O. The van der Waals surface area contributed by atoms with Gasteiger partial charge in [-0.05, 0) is 95.1 Å². The predicted molar refractivity (Wildman–Crippen MR) is 183 cm³/mol. The first-order valence-corrected chi connectivity index (χ1v) is 16.9. The number of aromatic carboxylic acids is 1. The first kappa shape index (κ1) is 36.7. The van der Waals surface area contributed by atoms with Crippen LogP contribution in [0.3, 0.4) is 0 Å². The van der Waals surface area contributed by atoms with E-state index in [9.17, 15) is 24.6 Å². The van der Waals surface area contributed by atoms with Gasteiger partial charge >= 0.3 is 5.97 Å². The molecule has 2 rings (SSSR count). The Balaban J connectivity index is 1.63. The normalized spacial score (nSPS) is 18.2. The number of rotatable bonds is 20. The van der Waals surface area contributed by atoms with E-state index in [4.69, 9.17) is 0 Å². The number of allylic oxidation sites excluding steroid dienone is 10. The topological polar surface area (TPSA) is 107 Å². The number of carboxylic acids is 1. The monoisotopic (exact) mass is 622 g/mol. The van der Waals surface area contributed by atoms with Crippen molar-refractivity contribution in [1.82, 2.24) is 5.32 Å². The number of anilines is 1. The van der Waals surface area contributed by atoms with Gasteiger partial charge in [0, 0.05) is 11.7 Å². The molecule has 2 unspecified atom stereocenters. The molecule has 0 bridgehead atoms. The summed E-state index contributed by atoms with van der Waals surface area (Å²) in [6, 6.07) is 3.20. The zero-order valence-electron chi connectivity index (χ0n) is 26.5. The first-order valence-electron chi connectivity index (χ1n) is 15.9. The molecule has 1 aliphatic rings. The molecule has 1 fully saturated rings. The van der Waals surface area contributed by atoms with Gasteiger partial charge in [0.2, 0.25) is 11.8 Å². The molecule has 0 spiro atoms. The lowest BCUT2D eigenvalue weighted by atomic mass is 10.1. The molecule has 1 saturated heterocycles. The first-order chi connectivity index (χ1) is 21.3. The van der Waals surface area contributed by atoms with Crippen molar-refractivity contribution in [3.8, 4) is 5.75 Å². The molecule has 0 saturated carbocycles. The Bertz CT molecular complexity index is 1200. The molecule has 3 atom stereocenters. The number of benzene rings is 1. The zero-order valence-corrected chi connectivity index (χ0v) is 27.3. The van der Waals surface area contributed by atoms with Gasteiger partial charge in [0.15, 0.2) is 0 Å². The lowest BCUT2D eigenvalue weighted by Crippen LogP contribution is -2.45. The molecule has 2 amide bonds. The van der Waals surface area contributed by atoms with Crippen LogP contribution in [0.25, 0.3) is 0 Å². The van der Waals surface area contributed by atoms with Gasteiger partial charge in [-0.15, -0.1) is 11.8 Å². The summed E-state index contributed by atoms with van der Waals surface area (Å²) >= 11 is 1.63. The molecule has 0 radical (unpaired) electrons. The van der Waals surface area contributed by atoms with E-state index in [0.717, 1.165) is 57.1 Å². The summed E-state index contributed by atoms with van der Waals surface area (Å²) in [7, 11) is 0. The van der Waals surface area contributed by atoms with E-state index in [1.807, 2.05) is 13.8 Å². The van der Waals surface area contributed by atoms with Crippen molar-refractivity contribution < 1.29 is 24.6 Å². The fourth-order valence-electron chi connectivity index (χ4n) is 4.88. The summed E-state index contributed by atoms with van der Waals surface area (Å²) in [5.41, 5.74) is 0.127. The number of aromatic hydroxyl groups is 1. The highest BCUT2D eigenvalue weighted by molar-refractivity contribution is 8.00. The highest BCUT2D eigenvalue weighted by Crippen LogP contribution is 2.31. The smallest absolute Gasteiger partial charge is 0.339 e. The summed E-state index contributed by atoms with van der Waals surface area (Å²) in [5.74, 6) is -1.16. The Kier molecular flexibility index (Phi) is 17.7. The minimum atomic E-state index is -1.27. The maximum absolute atomic E-state index is 13.1. The lowest BCUT2D eigenvalue weighted by molar-refractivity contribution is -0.126. The van der Waals surface area contributed by atoms with Crippen molar-refractivity contribution in [2.75, 3.05) is 10.7 Å². The summed E-state index contributed by atoms with van der Waals surface area (Å²) in [6.45, 7) is 5.98. The molecule has 3 N–H and O–H groups in total. The van der Waals surface area contributed by atoms with E-state index >= 15 is 0 Å². The third kappa shape index (κ3) is 13.0. The molecule has 0 aliphatic carbocycles. The van der Waals surface area contributed by atoms with Gasteiger partial charge in [-0.1, -0.05) is 74.6 Å². The van der Waals surface area contributed by atoms with E-state index in [0.29, 0.717) is 18.5 Å². The van der Waals surface area contributed by atoms with Gasteiger partial charge < -0.3 is 20.4 Å². The van der Waals surface area contributed by atoms with Gasteiger partial charge in [0.1, 0.15) is 17.4 Å². The highest BCUT2D eigenvalue weighted by atomic mass is 32.2. The van der Waals surface area contributed by atoms with Gasteiger partial charge in [0.05, 0.1) is 5.25 Å². The van der Waals surface area contributed by atoms with Crippen LogP contribution in [-0.2, 0) is 9.59 Å². The minimum Gasteiger partial charge on any atom is -0.507 e. The summed E-state index contributed by atoms with van der Waals surface area (Å²) in [5, 5.41) is 21.8. The van der Waals surface area contributed by atoms with Crippen LogP contribution in [-0.4, -0.2) is 51.1 Å². The zero-order chi connectivity index (χ0) is 32.2. The second kappa shape index (κ2) is 21.2. The van der Waals surface area contributed by atoms with Crippen molar-refractivity contribution in [1.29, 1.82) is 0 Å². The number of unbranched alkanes of at least 4 members (excludes halogenated alkanes) is 2. The van der Waals surface area contributed by atoms with Gasteiger partial charge in [-0.3, -0.25) is 9.59 Å². The Morgan fingerprint density at radius 1 is 0.955 bits per heavy atom. The second-order valence-electron chi connectivity index (χ2n) is 10.8. The molecule has 1 aromatic rings. The molecular weight excluding hydrogens is 572 g/mol. The molecule has 1 aromatic carbocycles. The van der Waals surface area contributed by atoms with Gasteiger partial charge in [0.25, 0.3) is 0 Å². The number of nitrogens with one attached hydrogen (secondary N) is 1. The Morgan fingerprint density at radius 2 is 1.55 bits per heavy atom. The van der Waals surface area contributed by atoms with Gasteiger partial charge in [-0.25, -0.2) is 4.79 Å². The number of thioether (sulfide) groups is 1. The van der Waals surface area contributed by atoms with Gasteiger partial charge in [-0.2, -0.15) is 0 Å². The van der Waals surface area contributed by atoms with Crippen LogP contribution in [0.1, 0.15) is 95.3 Å². The van der Waals surface area contributed by atoms with Crippen molar-refractivity contribution >= 4 is 35.2 Å². The van der Waals surface area contributed by atoms with E-state index in [1.165, 1.54) is 23.1 Å².